The molecule has 0 aliphatic heterocycles. The van der Waals surface area contributed by atoms with E-state index in [2.05, 4.69) is 37.1 Å². The molecule has 1 aromatic rings. The third-order valence-corrected chi connectivity index (χ3v) is 3.03. The van der Waals surface area contributed by atoms with Crippen molar-refractivity contribution >= 4 is 5.82 Å². The lowest BCUT2D eigenvalue weighted by molar-refractivity contribution is 0.377. The van der Waals surface area contributed by atoms with Crippen LogP contribution < -0.4 is 11.1 Å². The van der Waals surface area contributed by atoms with E-state index in [1.807, 2.05) is 6.07 Å². The summed E-state index contributed by atoms with van der Waals surface area (Å²) in [5, 5.41) is 3.56. The van der Waals surface area contributed by atoms with Gasteiger partial charge < -0.3 is 11.1 Å². The number of hydrogen-bond acceptors (Lipinski definition) is 3. The van der Waals surface area contributed by atoms with E-state index < -0.39 is 0 Å². The average Bonchev–Trinajstić information content (AvgIpc) is 2.31. The normalized spacial score (nSPS) is 14.7. The van der Waals surface area contributed by atoms with Crippen molar-refractivity contribution in [3.05, 3.63) is 23.9 Å². The highest BCUT2D eigenvalue weighted by atomic mass is 14.9. The molecule has 16 heavy (non-hydrogen) atoms. The molecule has 0 spiro atoms. The van der Waals surface area contributed by atoms with Crippen LogP contribution in [0.2, 0.25) is 0 Å². The van der Waals surface area contributed by atoms with Crippen molar-refractivity contribution in [2.45, 2.75) is 39.7 Å². The van der Waals surface area contributed by atoms with Crippen LogP contribution in [0.4, 0.5) is 5.82 Å². The summed E-state index contributed by atoms with van der Waals surface area (Å²) in [6.07, 6.45) is 4.01. The van der Waals surface area contributed by atoms with Gasteiger partial charge in [-0.15, -0.1) is 0 Å². The number of anilines is 1. The predicted octanol–water partition coefficient (Wildman–Crippen LogP) is 2.75. The number of nitrogens with two attached hydrogens (primary N) is 1. The zero-order valence-electron chi connectivity index (χ0n) is 10.5. The van der Waals surface area contributed by atoms with Gasteiger partial charge in [-0.2, -0.15) is 0 Å². The fourth-order valence-corrected chi connectivity index (χ4v) is 1.85. The SMILES string of the molecule is CCCNC(c1cccnc1N)C(C)CC. The minimum Gasteiger partial charge on any atom is -0.383 e. The average molecular weight is 221 g/mol. The summed E-state index contributed by atoms with van der Waals surface area (Å²) < 4.78 is 0. The van der Waals surface area contributed by atoms with Crippen LogP contribution in [0.15, 0.2) is 18.3 Å². The van der Waals surface area contributed by atoms with Crippen molar-refractivity contribution in [1.82, 2.24) is 10.3 Å². The molecule has 2 unspecified atom stereocenters. The molecular formula is C13H23N3. The Balaban J connectivity index is 2.87. The first-order chi connectivity index (χ1) is 7.70. The van der Waals surface area contributed by atoms with Gasteiger partial charge in [-0.25, -0.2) is 4.98 Å². The third kappa shape index (κ3) is 3.20. The lowest BCUT2D eigenvalue weighted by Crippen LogP contribution is -2.28. The van der Waals surface area contributed by atoms with E-state index in [4.69, 9.17) is 5.73 Å². The number of rotatable bonds is 6. The van der Waals surface area contributed by atoms with Gasteiger partial charge in [0.1, 0.15) is 5.82 Å². The molecule has 0 bridgehead atoms. The first-order valence-electron chi connectivity index (χ1n) is 6.14. The standard InChI is InChI=1S/C13H23N3/c1-4-8-15-12(10(3)5-2)11-7-6-9-16-13(11)14/h6-7,9-10,12,15H,4-5,8H2,1-3H3,(H2,14,16). The number of pyridine rings is 1. The van der Waals surface area contributed by atoms with Gasteiger partial charge in [0.05, 0.1) is 0 Å². The third-order valence-electron chi connectivity index (χ3n) is 3.03. The molecule has 3 heteroatoms. The smallest absolute Gasteiger partial charge is 0.128 e. The summed E-state index contributed by atoms with van der Waals surface area (Å²) in [6.45, 7) is 7.65. The Morgan fingerprint density at radius 1 is 1.44 bits per heavy atom. The van der Waals surface area contributed by atoms with E-state index in [9.17, 15) is 0 Å². The zero-order valence-corrected chi connectivity index (χ0v) is 10.5. The fraction of sp³-hybridized carbons (Fsp3) is 0.615. The van der Waals surface area contributed by atoms with Crippen LogP contribution in [0.25, 0.3) is 0 Å². The first kappa shape index (κ1) is 13.0. The molecule has 1 heterocycles. The number of hydrogen-bond donors (Lipinski definition) is 2. The van der Waals surface area contributed by atoms with Crippen LogP contribution >= 0.6 is 0 Å². The Labute approximate surface area is 98.5 Å². The zero-order chi connectivity index (χ0) is 12.0. The highest BCUT2D eigenvalue weighted by Gasteiger charge is 2.19. The molecule has 2 atom stereocenters. The summed E-state index contributed by atoms with van der Waals surface area (Å²) in [5.74, 6) is 1.22. The molecule has 1 aromatic heterocycles. The molecule has 0 fully saturated rings. The second kappa shape index (κ2) is 6.48. The second-order valence-electron chi connectivity index (χ2n) is 4.30. The van der Waals surface area contributed by atoms with Gasteiger partial charge in [-0.05, 0) is 24.9 Å². The Kier molecular flexibility index (Phi) is 5.26. The maximum atomic E-state index is 5.93. The molecule has 0 aliphatic rings. The van der Waals surface area contributed by atoms with Crippen LogP contribution in [-0.2, 0) is 0 Å². The number of aromatic nitrogens is 1. The van der Waals surface area contributed by atoms with Crippen molar-refractivity contribution in [1.29, 1.82) is 0 Å². The van der Waals surface area contributed by atoms with Gasteiger partial charge in [0.15, 0.2) is 0 Å². The van der Waals surface area contributed by atoms with Gasteiger partial charge in [0, 0.05) is 17.8 Å². The van der Waals surface area contributed by atoms with Crippen LogP contribution in [0.3, 0.4) is 0 Å². The largest absolute Gasteiger partial charge is 0.383 e. The number of nitrogens with zero attached hydrogens (tertiary/aromatic N) is 1. The van der Waals surface area contributed by atoms with Crippen molar-refractivity contribution in [2.75, 3.05) is 12.3 Å². The van der Waals surface area contributed by atoms with Crippen molar-refractivity contribution in [3.8, 4) is 0 Å². The van der Waals surface area contributed by atoms with Crippen molar-refractivity contribution in [3.63, 3.8) is 0 Å². The summed E-state index contributed by atoms with van der Waals surface area (Å²) in [7, 11) is 0. The van der Waals surface area contributed by atoms with Gasteiger partial charge in [0.25, 0.3) is 0 Å². The minimum atomic E-state index is 0.318. The summed E-state index contributed by atoms with van der Waals surface area (Å²) >= 11 is 0. The molecule has 1 rings (SSSR count). The highest BCUT2D eigenvalue weighted by molar-refractivity contribution is 5.41. The second-order valence-corrected chi connectivity index (χ2v) is 4.30. The van der Waals surface area contributed by atoms with Crippen LogP contribution in [0.5, 0.6) is 0 Å². The van der Waals surface area contributed by atoms with Gasteiger partial charge in [0.2, 0.25) is 0 Å². The fourth-order valence-electron chi connectivity index (χ4n) is 1.85. The van der Waals surface area contributed by atoms with E-state index >= 15 is 0 Å². The minimum absolute atomic E-state index is 0.318. The van der Waals surface area contributed by atoms with Crippen LogP contribution in [0, 0.1) is 5.92 Å². The predicted molar refractivity (Wildman–Crippen MR) is 69.1 cm³/mol. The van der Waals surface area contributed by atoms with E-state index in [0.717, 1.165) is 24.9 Å². The molecule has 90 valence electrons. The van der Waals surface area contributed by atoms with Gasteiger partial charge in [-0.3, -0.25) is 0 Å². The Bertz CT molecular complexity index is 312. The Hall–Kier alpha value is -1.09. The lowest BCUT2D eigenvalue weighted by atomic mass is 9.92. The first-order valence-corrected chi connectivity index (χ1v) is 6.14. The Morgan fingerprint density at radius 3 is 2.75 bits per heavy atom. The highest BCUT2D eigenvalue weighted by Crippen LogP contribution is 2.27. The topological polar surface area (TPSA) is 50.9 Å². The molecule has 3 nitrogen and oxygen atoms in total. The van der Waals surface area contributed by atoms with Crippen LogP contribution in [-0.4, -0.2) is 11.5 Å². The monoisotopic (exact) mass is 221 g/mol. The maximum Gasteiger partial charge on any atom is 0.128 e. The number of nitrogens with one attached hydrogen (secondary N) is 1. The van der Waals surface area contributed by atoms with E-state index in [-0.39, 0.29) is 0 Å². The molecule has 0 saturated carbocycles. The van der Waals surface area contributed by atoms with E-state index in [1.165, 1.54) is 0 Å². The van der Waals surface area contributed by atoms with Gasteiger partial charge >= 0.3 is 0 Å². The Morgan fingerprint density at radius 2 is 2.19 bits per heavy atom. The van der Waals surface area contributed by atoms with Crippen LogP contribution in [0.1, 0.15) is 45.2 Å². The molecule has 3 N–H and O–H groups in total. The molecule has 0 saturated heterocycles. The van der Waals surface area contributed by atoms with E-state index in [1.54, 1.807) is 6.20 Å². The van der Waals surface area contributed by atoms with Gasteiger partial charge in [-0.1, -0.05) is 33.3 Å². The van der Waals surface area contributed by atoms with Crippen molar-refractivity contribution < 1.29 is 0 Å². The molecule has 0 amide bonds. The van der Waals surface area contributed by atoms with Crippen molar-refractivity contribution in [2.24, 2.45) is 5.92 Å². The van der Waals surface area contributed by atoms with E-state index in [0.29, 0.717) is 17.8 Å². The summed E-state index contributed by atoms with van der Waals surface area (Å²) in [5.41, 5.74) is 7.06. The molecular weight excluding hydrogens is 198 g/mol. The number of nitrogen functional groups attached to an aromatic ring is 1. The molecule has 0 radical (unpaired) electrons. The maximum absolute atomic E-state index is 5.93. The summed E-state index contributed by atoms with van der Waals surface area (Å²) in [6, 6.07) is 4.34. The quantitative estimate of drug-likeness (QED) is 0.776. The lowest BCUT2D eigenvalue weighted by Gasteiger charge is -2.25. The summed E-state index contributed by atoms with van der Waals surface area (Å²) in [4.78, 5) is 4.16. The molecule has 0 aromatic carbocycles. The molecule has 0 aliphatic carbocycles.